The maximum Gasteiger partial charge on any atom is 0.230 e. The van der Waals surface area contributed by atoms with Gasteiger partial charge < -0.3 is 5.32 Å². The Bertz CT molecular complexity index is 642. The summed E-state index contributed by atoms with van der Waals surface area (Å²) in [5.74, 6) is 0.677. The third-order valence-electron chi connectivity index (χ3n) is 4.04. The van der Waals surface area contributed by atoms with Crippen molar-refractivity contribution in [2.24, 2.45) is 0 Å². The summed E-state index contributed by atoms with van der Waals surface area (Å²) >= 11 is 1.80. The summed E-state index contributed by atoms with van der Waals surface area (Å²) in [6.07, 6.45) is 10.4. The van der Waals surface area contributed by atoms with Crippen LogP contribution in [0.1, 0.15) is 31.2 Å². The fourth-order valence-corrected chi connectivity index (χ4v) is 3.92. The van der Waals surface area contributed by atoms with E-state index in [1.54, 1.807) is 30.4 Å². The molecule has 0 atom stereocenters. The Kier molecular flexibility index (Phi) is 5.64. The van der Waals surface area contributed by atoms with E-state index in [1.165, 1.54) is 25.7 Å². The second kappa shape index (κ2) is 8.11. The van der Waals surface area contributed by atoms with Crippen LogP contribution in [-0.4, -0.2) is 26.9 Å². The Morgan fingerprint density at radius 2 is 1.96 bits per heavy atom. The van der Waals surface area contributed by atoms with Crippen molar-refractivity contribution in [1.82, 2.24) is 15.3 Å². The van der Waals surface area contributed by atoms with Crippen molar-refractivity contribution in [3.05, 3.63) is 48.4 Å². The first-order valence-electron chi connectivity index (χ1n) is 8.05. The van der Waals surface area contributed by atoms with Crippen LogP contribution in [0.4, 0.5) is 0 Å². The molecule has 3 rings (SSSR count). The smallest absolute Gasteiger partial charge is 0.230 e. The van der Waals surface area contributed by atoms with Crippen molar-refractivity contribution in [3.8, 4) is 11.3 Å². The molecule has 2 heterocycles. The van der Waals surface area contributed by atoms with Crippen molar-refractivity contribution in [3.63, 3.8) is 0 Å². The number of pyridine rings is 2. The van der Waals surface area contributed by atoms with Crippen molar-refractivity contribution >= 4 is 17.7 Å². The van der Waals surface area contributed by atoms with Crippen LogP contribution in [0.5, 0.6) is 0 Å². The maximum absolute atomic E-state index is 12.0. The summed E-state index contributed by atoms with van der Waals surface area (Å²) in [4.78, 5) is 20.4. The number of aromatic nitrogens is 2. The van der Waals surface area contributed by atoms with Crippen molar-refractivity contribution in [2.45, 2.75) is 37.5 Å². The van der Waals surface area contributed by atoms with Gasteiger partial charge in [-0.1, -0.05) is 12.8 Å². The predicted molar refractivity (Wildman–Crippen MR) is 94.0 cm³/mol. The first kappa shape index (κ1) is 16.0. The number of hydrogen-bond acceptors (Lipinski definition) is 4. The second-order valence-electron chi connectivity index (χ2n) is 5.78. The number of carbonyl (C=O) groups excluding carboxylic acids is 1. The highest BCUT2D eigenvalue weighted by atomic mass is 32.2. The highest BCUT2D eigenvalue weighted by Crippen LogP contribution is 2.29. The molecule has 120 valence electrons. The van der Waals surface area contributed by atoms with Gasteiger partial charge in [-0.05, 0) is 42.7 Å². The number of hydrogen-bond donors (Lipinski definition) is 1. The normalized spacial score (nSPS) is 14.8. The molecule has 1 aliphatic rings. The zero-order chi connectivity index (χ0) is 15.9. The van der Waals surface area contributed by atoms with Crippen LogP contribution in [0, 0.1) is 0 Å². The summed E-state index contributed by atoms with van der Waals surface area (Å²) in [5.41, 5.74) is 3.00. The van der Waals surface area contributed by atoms with E-state index in [0.29, 0.717) is 17.5 Å². The van der Waals surface area contributed by atoms with Crippen molar-refractivity contribution in [1.29, 1.82) is 0 Å². The fourth-order valence-electron chi connectivity index (χ4n) is 2.77. The Morgan fingerprint density at radius 3 is 2.74 bits per heavy atom. The lowest BCUT2D eigenvalue weighted by Crippen LogP contribution is -2.25. The van der Waals surface area contributed by atoms with E-state index in [4.69, 9.17) is 0 Å². The summed E-state index contributed by atoms with van der Waals surface area (Å²) < 4.78 is 0. The Balaban J connectivity index is 1.51. The third-order valence-corrected chi connectivity index (χ3v) is 5.41. The van der Waals surface area contributed by atoms with E-state index in [2.05, 4.69) is 15.3 Å². The minimum absolute atomic E-state index is 0.115. The molecule has 0 aliphatic heterocycles. The third kappa shape index (κ3) is 4.79. The monoisotopic (exact) mass is 327 g/mol. The minimum atomic E-state index is 0.115. The lowest BCUT2D eigenvalue weighted by atomic mass is 10.1. The average molecular weight is 327 g/mol. The number of rotatable bonds is 6. The molecule has 0 bridgehead atoms. The van der Waals surface area contributed by atoms with Crippen LogP contribution in [0.15, 0.2) is 42.9 Å². The Morgan fingerprint density at radius 1 is 1.17 bits per heavy atom. The molecule has 2 aromatic rings. The van der Waals surface area contributed by atoms with Crippen LogP contribution in [0.2, 0.25) is 0 Å². The molecule has 1 amide bonds. The summed E-state index contributed by atoms with van der Waals surface area (Å²) in [7, 11) is 0. The Labute approximate surface area is 141 Å². The molecule has 2 aromatic heterocycles. The molecule has 4 nitrogen and oxygen atoms in total. The molecular weight excluding hydrogens is 306 g/mol. The van der Waals surface area contributed by atoms with Crippen LogP contribution in [0.3, 0.4) is 0 Å². The van der Waals surface area contributed by atoms with Gasteiger partial charge in [-0.2, -0.15) is 0 Å². The molecule has 5 heteroatoms. The van der Waals surface area contributed by atoms with Gasteiger partial charge in [0, 0.05) is 35.9 Å². The first-order chi connectivity index (χ1) is 11.3. The quantitative estimate of drug-likeness (QED) is 0.883. The molecule has 1 aliphatic carbocycles. The molecule has 0 radical (unpaired) electrons. The van der Waals surface area contributed by atoms with E-state index < -0.39 is 0 Å². The van der Waals surface area contributed by atoms with Gasteiger partial charge in [-0.25, -0.2) is 0 Å². The lowest BCUT2D eigenvalue weighted by Gasteiger charge is -2.09. The van der Waals surface area contributed by atoms with Gasteiger partial charge in [0.2, 0.25) is 5.91 Å². The zero-order valence-corrected chi connectivity index (χ0v) is 13.9. The van der Waals surface area contributed by atoms with E-state index in [0.717, 1.165) is 16.8 Å². The van der Waals surface area contributed by atoms with Crippen molar-refractivity contribution in [2.75, 3.05) is 5.75 Å². The van der Waals surface area contributed by atoms with Crippen LogP contribution < -0.4 is 5.32 Å². The SMILES string of the molecule is O=C(CSC1CCCC1)NCc1ccnc(-c2ccncc2)c1. The number of amides is 1. The van der Waals surface area contributed by atoms with Crippen LogP contribution in [-0.2, 0) is 11.3 Å². The molecule has 0 saturated heterocycles. The summed E-state index contributed by atoms with van der Waals surface area (Å²) in [5, 5.41) is 3.68. The second-order valence-corrected chi connectivity index (χ2v) is 7.07. The van der Waals surface area contributed by atoms with E-state index in [1.807, 2.05) is 24.3 Å². The standard InChI is InChI=1S/C18H21N3OS/c22-18(13-23-16-3-1-2-4-16)21-12-14-5-10-20-17(11-14)15-6-8-19-9-7-15/h5-11,16H,1-4,12-13H2,(H,21,22). The molecule has 23 heavy (non-hydrogen) atoms. The van der Waals surface area contributed by atoms with Crippen LogP contribution >= 0.6 is 11.8 Å². The highest BCUT2D eigenvalue weighted by molar-refractivity contribution is 8.00. The minimum Gasteiger partial charge on any atom is -0.351 e. The maximum atomic E-state index is 12.0. The number of carbonyl (C=O) groups is 1. The fraction of sp³-hybridized carbons (Fsp3) is 0.389. The molecular formula is C18H21N3OS. The van der Waals surface area contributed by atoms with E-state index in [9.17, 15) is 4.79 Å². The van der Waals surface area contributed by atoms with E-state index >= 15 is 0 Å². The number of nitrogens with zero attached hydrogens (tertiary/aromatic N) is 2. The van der Waals surface area contributed by atoms with Gasteiger partial charge in [0.15, 0.2) is 0 Å². The van der Waals surface area contributed by atoms with Gasteiger partial charge in [0.05, 0.1) is 11.4 Å². The number of nitrogens with one attached hydrogen (secondary N) is 1. The molecule has 1 N–H and O–H groups in total. The topological polar surface area (TPSA) is 54.9 Å². The van der Waals surface area contributed by atoms with Gasteiger partial charge in [-0.15, -0.1) is 11.8 Å². The first-order valence-corrected chi connectivity index (χ1v) is 9.10. The lowest BCUT2D eigenvalue weighted by molar-refractivity contribution is -0.118. The van der Waals surface area contributed by atoms with Crippen LogP contribution in [0.25, 0.3) is 11.3 Å². The summed E-state index contributed by atoms with van der Waals surface area (Å²) in [6, 6.07) is 7.82. The predicted octanol–water partition coefficient (Wildman–Crippen LogP) is 3.44. The largest absolute Gasteiger partial charge is 0.351 e. The summed E-state index contributed by atoms with van der Waals surface area (Å²) in [6.45, 7) is 0.546. The van der Waals surface area contributed by atoms with Gasteiger partial charge >= 0.3 is 0 Å². The average Bonchev–Trinajstić information content (AvgIpc) is 3.13. The molecule has 1 fully saturated rings. The van der Waals surface area contributed by atoms with Gasteiger partial charge in [0.1, 0.15) is 0 Å². The van der Waals surface area contributed by atoms with Crippen molar-refractivity contribution < 1.29 is 4.79 Å². The van der Waals surface area contributed by atoms with E-state index in [-0.39, 0.29) is 5.91 Å². The highest BCUT2D eigenvalue weighted by Gasteiger charge is 2.16. The molecule has 0 unspecified atom stereocenters. The molecule has 1 saturated carbocycles. The zero-order valence-electron chi connectivity index (χ0n) is 13.1. The molecule has 0 aromatic carbocycles. The Hall–Kier alpha value is -1.88. The molecule has 0 spiro atoms. The van der Waals surface area contributed by atoms with Gasteiger partial charge in [-0.3, -0.25) is 14.8 Å². The number of thioether (sulfide) groups is 1. The van der Waals surface area contributed by atoms with Gasteiger partial charge in [0.25, 0.3) is 0 Å².